The Labute approximate surface area is 191 Å². The van der Waals surface area contributed by atoms with E-state index in [1.165, 1.54) is 35.7 Å². The van der Waals surface area contributed by atoms with Gasteiger partial charge in [-0.25, -0.2) is 0 Å². The van der Waals surface area contributed by atoms with Gasteiger partial charge in [-0.1, -0.05) is 17.8 Å². The highest BCUT2D eigenvalue weighted by Gasteiger charge is 2.20. The van der Waals surface area contributed by atoms with Gasteiger partial charge in [0.25, 0.3) is 0 Å². The van der Waals surface area contributed by atoms with Crippen LogP contribution in [-0.4, -0.2) is 35.9 Å². The number of hydrogen-bond donors (Lipinski definition) is 0. The Kier molecular flexibility index (Phi) is 5.43. The van der Waals surface area contributed by atoms with Crippen LogP contribution in [0.15, 0.2) is 53.9 Å². The summed E-state index contributed by atoms with van der Waals surface area (Å²) in [6.07, 6.45) is 7.01. The molecule has 0 unspecified atom stereocenters. The maximum absolute atomic E-state index is 13.1. The van der Waals surface area contributed by atoms with Crippen LogP contribution in [0.3, 0.4) is 0 Å². The molecule has 0 fully saturated rings. The molecule has 0 N–H and O–H groups in total. The summed E-state index contributed by atoms with van der Waals surface area (Å²) < 4.78 is 4.11. The number of benzene rings is 1. The Morgan fingerprint density at radius 2 is 1.81 bits per heavy atom. The van der Waals surface area contributed by atoms with Gasteiger partial charge in [-0.15, -0.1) is 10.2 Å². The summed E-state index contributed by atoms with van der Waals surface area (Å²) in [6.45, 7) is 4.09. The van der Waals surface area contributed by atoms with E-state index in [1.807, 2.05) is 36.7 Å². The standard InChI is InChI=1S/C25H25N5OS/c1-16-13-22(17(2)30(16)21-8-7-18-5-4-6-20(18)14-21)23(31)15-32-25-28-27-24(29(25)3)19-9-11-26-12-10-19/h7-14H,4-6,15H2,1-3H3. The number of Topliss-reactive ketones (excluding diaryl/α,β-unsaturated/α-hetero) is 1. The van der Waals surface area contributed by atoms with Crippen molar-refractivity contribution in [3.63, 3.8) is 0 Å². The van der Waals surface area contributed by atoms with Gasteiger partial charge in [0, 0.05) is 47.6 Å². The SMILES string of the molecule is Cc1cc(C(=O)CSc2nnc(-c3ccncc3)n2C)c(C)n1-c1ccc2c(c1)CCC2. The highest BCUT2D eigenvalue weighted by molar-refractivity contribution is 7.99. The first-order valence-corrected chi connectivity index (χ1v) is 11.8. The van der Waals surface area contributed by atoms with Crippen LogP contribution >= 0.6 is 11.8 Å². The molecule has 0 bridgehead atoms. The van der Waals surface area contributed by atoms with Crippen LogP contribution in [0.1, 0.15) is 39.3 Å². The second-order valence-electron chi connectivity index (χ2n) is 8.24. The van der Waals surface area contributed by atoms with Crippen molar-refractivity contribution in [2.24, 2.45) is 7.05 Å². The van der Waals surface area contributed by atoms with Crippen LogP contribution in [0.5, 0.6) is 0 Å². The minimum Gasteiger partial charge on any atom is -0.318 e. The fraction of sp³-hybridized carbons (Fsp3) is 0.280. The molecule has 0 saturated carbocycles. The van der Waals surface area contributed by atoms with E-state index in [0.29, 0.717) is 5.75 Å². The van der Waals surface area contributed by atoms with Crippen molar-refractivity contribution in [1.29, 1.82) is 0 Å². The van der Waals surface area contributed by atoms with E-state index in [-0.39, 0.29) is 5.78 Å². The van der Waals surface area contributed by atoms with Crippen LogP contribution in [0, 0.1) is 13.8 Å². The molecule has 5 rings (SSSR count). The molecule has 0 amide bonds. The molecule has 0 atom stereocenters. The minimum atomic E-state index is 0.101. The molecule has 32 heavy (non-hydrogen) atoms. The van der Waals surface area contributed by atoms with Gasteiger partial charge >= 0.3 is 0 Å². The zero-order valence-electron chi connectivity index (χ0n) is 18.5. The first-order chi connectivity index (χ1) is 15.5. The number of hydrogen-bond acceptors (Lipinski definition) is 5. The number of carbonyl (C=O) groups is 1. The van der Waals surface area contributed by atoms with Crippen molar-refractivity contribution in [2.45, 2.75) is 38.3 Å². The van der Waals surface area contributed by atoms with Gasteiger partial charge in [-0.3, -0.25) is 9.78 Å². The van der Waals surface area contributed by atoms with Gasteiger partial charge in [0.1, 0.15) is 0 Å². The van der Waals surface area contributed by atoms with Crippen molar-refractivity contribution < 1.29 is 4.79 Å². The summed E-state index contributed by atoms with van der Waals surface area (Å²) in [5, 5.41) is 9.29. The Morgan fingerprint density at radius 1 is 1.03 bits per heavy atom. The van der Waals surface area contributed by atoms with E-state index in [2.05, 4.69) is 44.9 Å². The lowest BCUT2D eigenvalue weighted by Crippen LogP contribution is -2.07. The van der Waals surface area contributed by atoms with E-state index in [4.69, 9.17) is 0 Å². The molecule has 1 aliphatic rings. The lowest BCUT2D eigenvalue weighted by molar-refractivity contribution is 0.102. The van der Waals surface area contributed by atoms with Crippen molar-refractivity contribution in [3.8, 4) is 17.1 Å². The van der Waals surface area contributed by atoms with E-state index in [9.17, 15) is 4.79 Å². The van der Waals surface area contributed by atoms with E-state index < -0.39 is 0 Å². The summed E-state index contributed by atoms with van der Waals surface area (Å²) in [6, 6.07) is 12.5. The summed E-state index contributed by atoms with van der Waals surface area (Å²) in [4.78, 5) is 17.2. The van der Waals surface area contributed by atoms with Crippen molar-refractivity contribution in [2.75, 3.05) is 5.75 Å². The average Bonchev–Trinajstić information content (AvgIpc) is 3.49. The van der Waals surface area contributed by atoms with Crippen LogP contribution in [0.25, 0.3) is 17.1 Å². The largest absolute Gasteiger partial charge is 0.318 e. The highest BCUT2D eigenvalue weighted by Crippen LogP contribution is 2.29. The predicted molar refractivity (Wildman–Crippen MR) is 127 cm³/mol. The number of carbonyl (C=O) groups excluding carboxylic acids is 1. The quantitative estimate of drug-likeness (QED) is 0.318. The number of thioether (sulfide) groups is 1. The van der Waals surface area contributed by atoms with E-state index in [0.717, 1.165) is 45.6 Å². The molecule has 0 saturated heterocycles. The van der Waals surface area contributed by atoms with Gasteiger partial charge in [0.15, 0.2) is 16.8 Å². The monoisotopic (exact) mass is 443 g/mol. The second kappa shape index (κ2) is 8.39. The fourth-order valence-corrected chi connectivity index (χ4v) is 5.33. The molecule has 1 aliphatic carbocycles. The normalized spacial score (nSPS) is 12.8. The van der Waals surface area contributed by atoms with E-state index in [1.54, 1.807) is 12.4 Å². The number of nitrogens with zero attached hydrogens (tertiary/aromatic N) is 5. The Hall–Kier alpha value is -3.19. The van der Waals surface area contributed by atoms with Crippen LogP contribution in [0.4, 0.5) is 0 Å². The molecular formula is C25H25N5OS. The molecular weight excluding hydrogens is 418 g/mol. The average molecular weight is 444 g/mol. The van der Waals surface area contributed by atoms with Crippen LogP contribution < -0.4 is 0 Å². The van der Waals surface area contributed by atoms with E-state index >= 15 is 0 Å². The first kappa shape index (κ1) is 20.7. The number of pyridine rings is 1. The van der Waals surface area contributed by atoms with Crippen LogP contribution in [0.2, 0.25) is 0 Å². The third kappa shape index (κ3) is 3.66. The lowest BCUT2D eigenvalue weighted by Gasteiger charge is -2.12. The van der Waals surface area contributed by atoms with Crippen molar-refractivity contribution in [3.05, 3.63) is 76.9 Å². The molecule has 3 aromatic heterocycles. The van der Waals surface area contributed by atoms with Gasteiger partial charge in [0.05, 0.1) is 5.75 Å². The van der Waals surface area contributed by atoms with Gasteiger partial charge in [-0.2, -0.15) is 0 Å². The topological polar surface area (TPSA) is 65.6 Å². The first-order valence-electron chi connectivity index (χ1n) is 10.8. The summed E-state index contributed by atoms with van der Waals surface area (Å²) in [7, 11) is 1.92. The highest BCUT2D eigenvalue weighted by atomic mass is 32.2. The third-order valence-corrected chi connectivity index (χ3v) is 7.20. The molecule has 3 heterocycles. The van der Waals surface area contributed by atoms with Gasteiger partial charge in [0.2, 0.25) is 0 Å². The molecule has 0 radical (unpaired) electrons. The molecule has 0 aliphatic heterocycles. The Morgan fingerprint density at radius 3 is 2.62 bits per heavy atom. The van der Waals surface area contributed by atoms with Crippen molar-refractivity contribution in [1.82, 2.24) is 24.3 Å². The molecule has 1 aromatic carbocycles. The number of fused-ring (bicyclic) bond motifs is 1. The van der Waals surface area contributed by atoms with Crippen LogP contribution in [-0.2, 0) is 19.9 Å². The zero-order chi connectivity index (χ0) is 22.2. The second-order valence-corrected chi connectivity index (χ2v) is 9.18. The van der Waals surface area contributed by atoms with Gasteiger partial charge in [-0.05, 0) is 74.6 Å². The molecule has 7 heteroatoms. The smallest absolute Gasteiger partial charge is 0.191 e. The summed E-state index contributed by atoms with van der Waals surface area (Å²) in [5.41, 5.74) is 7.82. The molecule has 4 aromatic rings. The number of ketones is 1. The Bertz CT molecular complexity index is 1310. The number of aryl methyl sites for hydroxylation is 3. The predicted octanol–water partition coefficient (Wildman–Crippen LogP) is 4.75. The molecule has 6 nitrogen and oxygen atoms in total. The zero-order valence-corrected chi connectivity index (χ0v) is 19.3. The number of aromatic nitrogens is 5. The van der Waals surface area contributed by atoms with Crippen molar-refractivity contribution >= 4 is 17.5 Å². The Balaban J connectivity index is 1.35. The summed E-state index contributed by atoms with van der Waals surface area (Å²) in [5.74, 6) is 1.18. The third-order valence-electron chi connectivity index (χ3n) is 6.18. The maximum atomic E-state index is 13.1. The molecule has 0 spiro atoms. The fourth-order valence-electron chi connectivity index (χ4n) is 4.54. The van der Waals surface area contributed by atoms with Gasteiger partial charge < -0.3 is 9.13 Å². The minimum absolute atomic E-state index is 0.101. The lowest BCUT2D eigenvalue weighted by atomic mass is 10.1. The maximum Gasteiger partial charge on any atom is 0.191 e. The molecule has 162 valence electrons. The number of rotatable bonds is 6. The summed E-state index contributed by atoms with van der Waals surface area (Å²) >= 11 is 1.42.